The van der Waals surface area contributed by atoms with Crippen molar-refractivity contribution in [3.05, 3.63) is 29.8 Å². The van der Waals surface area contributed by atoms with Gasteiger partial charge in [0.15, 0.2) is 6.61 Å². The number of hydrogen-bond donors (Lipinski definition) is 2. The molecule has 8 nitrogen and oxygen atoms in total. The summed E-state index contributed by atoms with van der Waals surface area (Å²) in [6.07, 6.45) is 4.51. The molecule has 4 amide bonds. The van der Waals surface area contributed by atoms with Crippen molar-refractivity contribution in [1.82, 2.24) is 15.1 Å². The van der Waals surface area contributed by atoms with Gasteiger partial charge in [-0.15, -0.1) is 0 Å². The molecule has 1 atom stereocenters. The van der Waals surface area contributed by atoms with E-state index < -0.39 is 5.91 Å². The molecule has 8 heteroatoms. The van der Waals surface area contributed by atoms with Crippen LogP contribution in [0.25, 0.3) is 0 Å². The molecule has 3 rings (SSSR count). The van der Waals surface area contributed by atoms with Gasteiger partial charge in [-0.1, -0.05) is 12.1 Å². The van der Waals surface area contributed by atoms with E-state index in [0.717, 1.165) is 37.8 Å². The summed E-state index contributed by atoms with van der Waals surface area (Å²) in [4.78, 5) is 39.3. The topological polar surface area (TPSA) is 105 Å². The van der Waals surface area contributed by atoms with Crippen LogP contribution in [0.2, 0.25) is 0 Å². The van der Waals surface area contributed by atoms with Crippen molar-refractivity contribution >= 4 is 17.8 Å². The molecule has 2 aliphatic rings. The highest BCUT2D eigenvalue weighted by Gasteiger charge is 2.31. The molecule has 1 unspecified atom stereocenters. The number of carbonyl (C=O) groups excluding carboxylic acids is 3. The lowest BCUT2D eigenvalue weighted by Gasteiger charge is -2.37. The van der Waals surface area contributed by atoms with Crippen molar-refractivity contribution in [2.75, 3.05) is 26.2 Å². The molecule has 2 heterocycles. The normalized spacial score (nSPS) is 19.6. The van der Waals surface area contributed by atoms with Gasteiger partial charge in [0, 0.05) is 32.6 Å². The fourth-order valence-electron chi connectivity index (χ4n) is 3.79. The number of hydrogen-bond acceptors (Lipinski definition) is 4. The Kier molecular flexibility index (Phi) is 6.73. The smallest absolute Gasteiger partial charge is 0.317 e. The zero-order valence-electron chi connectivity index (χ0n) is 16.1. The molecule has 0 aromatic heterocycles. The number of nitrogens with one attached hydrogen (secondary N) is 1. The molecule has 2 saturated heterocycles. The lowest BCUT2D eigenvalue weighted by Crippen LogP contribution is -2.52. The summed E-state index contributed by atoms with van der Waals surface area (Å²) < 4.78 is 5.30. The maximum atomic E-state index is 12.8. The van der Waals surface area contributed by atoms with Crippen molar-refractivity contribution in [2.45, 2.75) is 44.7 Å². The lowest BCUT2D eigenvalue weighted by molar-refractivity contribution is -0.128. The van der Waals surface area contributed by atoms with Gasteiger partial charge >= 0.3 is 6.03 Å². The molecule has 0 bridgehead atoms. The molecule has 28 heavy (non-hydrogen) atoms. The molecule has 2 aliphatic heterocycles. The van der Waals surface area contributed by atoms with Gasteiger partial charge in [0.25, 0.3) is 5.91 Å². The van der Waals surface area contributed by atoms with Crippen LogP contribution in [-0.2, 0) is 16.1 Å². The van der Waals surface area contributed by atoms with E-state index in [1.807, 2.05) is 15.9 Å². The van der Waals surface area contributed by atoms with E-state index in [1.165, 1.54) is 0 Å². The Labute approximate surface area is 165 Å². The quantitative estimate of drug-likeness (QED) is 0.733. The Morgan fingerprint density at radius 1 is 1.21 bits per heavy atom. The predicted molar refractivity (Wildman–Crippen MR) is 104 cm³/mol. The van der Waals surface area contributed by atoms with E-state index in [1.54, 1.807) is 18.2 Å². The van der Waals surface area contributed by atoms with E-state index in [4.69, 9.17) is 10.5 Å². The first-order chi connectivity index (χ1) is 13.5. The van der Waals surface area contributed by atoms with Crippen molar-refractivity contribution < 1.29 is 19.1 Å². The number of piperidine rings is 1. The van der Waals surface area contributed by atoms with Crippen molar-refractivity contribution in [3.8, 4) is 5.75 Å². The van der Waals surface area contributed by atoms with Crippen LogP contribution >= 0.6 is 0 Å². The standard InChI is InChI=1S/C20H28N4O4/c21-18(25)14-28-17-7-3-5-15(11-17)12-22-20(27)24-10-2-1-6-16(24)13-23-9-4-8-19(23)26/h3,5,7,11,16H,1-2,4,6,8-10,12-14H2,(H2,21,25)(H,22,27). The molecule has 3 N–H and O–H groups in total. The Morgan fingerprint density at radius 3 is 2.82 bits per heavy atom. The molecule has 1 aromatic rings. The van der Waals surface area contributed by atoms with Gasteiger partial charge in [0.1, 0.15) is 5.75 Å². The third kappa shape index (κ3) is 5.37. The van der Waals surface area contributed by atoms with Gasteiger partial charge in [0.05, 0.1) is 6.04 Å². The Morgan fingerprint density at radius 2 is 2.07 bits per heavy atom. The molecule has 0 radical (unpaired) electrons. The fraction of sp³-hybridized carbons (Fsp3) is 0.550. The molecule has 0 aliphatic carbocycles. The summed E-state index contributed by atoms with van der Waals surface area (Å²) in [5, 5.41) is 2.96. The van der Waals surface area contributed by atoms with Crippen LogP contribution in [0.15, 0.2) is 24.3 Å². The van der Waals surface area contributed by atoms with Crippen LogP contribution in [0.4, 0.5) is 4.79 Å². The first-order valence-electron chi connectivity index (χ1n) is 9.85. The molecule has 1 aromatic carbocycles. The number of nitrogens with two attached hydrogens (primary N) is 1. The monoisotopic (exact) mass is 388 g/mol. The third-order valence-corrected chi connectivity index (χ3v) is 5.21. The van der Waals surface area contributed by atoms with E-state index >= 15 is 0 Å². The first-order valence-corrected chi connectivity index (χ1v) is 9.85. The molecular weight excluding hydrogens is 360 g/mol. The summed E-state index contributed by atoms with van der Waals surface area (Å²) >= 11 is 0. The second kappa shape index (κ2) is 9.43. The van der Waals surface area contributed by atoms with Gasteiger partial charge < -0.3 is 25.6 Å². The number of likely N-dealkylation sites (tertiary alicyclic amines) is 2. The second-order valence-corrected chi connectivity index (χ2v) is 7.35. The van der Waals surface area contributed by atoms with Gasteiger partial charge in [-0.3, -0.25) is 9.59 Å². The summed E-state index contributed by atoms with van der Waals surface area (Å²) in [6, 6.07) is 7.16. The fourth-order valence-corrected chi connectivity index (χ4v) is 3.79. The van der Waals surface area contributed by atoms with Crippen LogP contribution in [0.3, 0.4) is 0 Å². The number of benzene rings is 1. The summed E-state index contributed by atoms with van der Waals surface area (Å²) in [6.45, 7) is 2.31. The number of rotatable bonds is 7. The first kappa shape index (κ1) is 20.0. The lowest BCUT2D eigenvalue weighted by atomic mass is 10.0. The Bertz CT molecular complexity index is 724. The number of amides is 4. The zero-order chi connectivity index (χ0) is 19.9. The number of nitrogens with zero attached hydrogens (tertiary/aromatic N) is 2. The third-order valence-electron chi connectivity index (χ3n) is 5.21. The van der Waals surface area contributed by atoms with E-state index in [-0.39, 0.29) is 24.6 Å². The minimum Gasteiger partial charge on any atom is -0.484 e. The van der Waals surface area contributed by atoms with Crippen LogP contribution in [0.5, 0.6) is 5.75 Å². The summed E-state index contributed by atoms with van der Waals surface area (Å²) in [5.41, 5.74) is 5.96. The minimum atomic E-state index is -0.536. The van der Waals surface area contributed by atoms with Crippen LogP contribution in [0.1, 0.15) is 37.7 Å². The van der Waals surface area contributed by atoms with Crippen molar-refractivity contribution in [3.63, 3.8) is 0 Å². The maximum absolute atomic E-state index is 12.8. The molecule has 2 fully saturated rings. The highest BCUT2D eigenvalue weighted by atomic mass is 16.5. The van der Waals surface area contributed by atoms with Crippen LogP contribution < -0.4 is 15.8 Å². The van der Waals surface area contributed by atoms with E-state index in [9.17, 15) is 14.4 Å². The van der Waals surface area contributed by atoms with Gasteiger partial charge in [-0.05, 0) is 43.4 Å². The summed E-state index contributed by atoms with van der Waals surface area (Å²) in [5.74, 6) is 0.194. The Balaban J connectivity index is 1.54. The van der Waals surface area contributed by atoms with Gasteiger partial charge in [-0.25, -0.2) is 4.79 Å². The van der Waals surface area contributed by atoms with Crippen LogP contribution in [-0.4, -0.2) is 59.9 Å². The number of carbonyl (C=O) groups is 3. The van der Waals surface area contributed by atoms with Crippen molar-refractivity contribution in [1.29, 1.82) is 0 Å². The van der Waals surface area contributed by atoms with Crippen LogP contribution in [0, 0.1) is 0 Å². The van der Waals surface area contributed by atoms with E-state index in [0.29, 0.717) is 31.8 Å². The summed E-state index contributed by atoms with van der Waals surface area (Å²) in [7, 11) is 0. The predicted octanol–water partition coefficient (Wildman–Crippen LogP) is 1.24. The Hall–Kier alpha value is -2.77. The highest BCUT2D eigenvalue weighted by Crippen LogP contribution is 2.21. The molecule has 152 valence electrons. The SMILES string of the molecule is NC(=O)COc1cccc(CNC(=O)N2CCCCC2CN2CCCC2=O)c1. The number of ether oxygens (including phenoxy) is 1. The van der Waals surface area contributed by atoms with Crippen molar-refractivity contribution in [2.24, 2.45) is 5.73 Å². The minimum absolute atomic E-state index is 0.0704. The van der Waals surface area contributed by atoms with Gasteiger partial charge in [-0.2, -0.15) is 0 Å². The van der Waals surface area contributed by atoms with Gasteiger partial charge in [0.2, 0.25) is 5.91 Å². The second-order valence-electron chi connectivity index (χ2n) is 7.35. The average Bonchev–Trinajstić information content (AvgIpc) is 3.10. The largest absolute Gasteiger partial charge is 0.484 e. The number of primary amides is 1. The molecule has 0 saturated carbocycles. The zero-order valence-corrected chi connectivity index (χ0v) is 16.1. The maximum Gasteiger partial charge on any atom is 0.317 e. The average molecular weight is 388 g/mol. The van der Waals surface area contributed by atoms with E-state index in [2.05, 4.69) is 5.32 Å². The molecule has 0 spiro atoms. The highest BCUT2D eigenvalue weighted by molar-refractivity contribution is 5.78. The number of urea groups is 1. The molecular formula is C20H28N4O4.